The van der Waals surface area contributed by atoms with E-state index < -0.39 is 6.10 Å². The Labute approximate surface area is 133 Å². The Kier molecular flexibility index (Phi) is 6.48. The van der Waals surface area contributed by atoms with Crippen molar-refractivity contribution < 1.29 is 14.6 Å². The summed E-state index contributed by atoms with van der Waals surface area (Å²) in [4.78, 5) is 11.9. The van der Waals surface area contributed by atoms with Gasteiger partial charge in [0.25, 0.3) is 0 Å². The van der Waals surface area contributed by atoms with Gasteiger partial charge < -0.3 is 20.5 Å². The molecule has 0 radical (unpaired) electrons. The zero-order valence-electron chi connectivity index (χ0n) is 11.8. The molecule has 2 rings (SSSR count). The normalized spacial score (nSPS) is 19.8. The number of nitrogens with one attached hydrogen (secondary N) is 2. The number of hydrogen-bond acceptors (Lipinski definition) is 4. The van der Waals surface area contributed by atoms with Crippen LogP contribution in [0.15, 0.2) is 28.7 Å². The minimum atomic E-state index is -0.724. The molecule has 0 saturated carbocycles. The summed E-state index contributed by atoms with van der Waals surface area (Å²) in [6.07, 6.45) is 1.20. The number of hydrogen-bond donors (Lipinski definition) is 3. The molecule has 0 bridgehead atoms. The summed E-state index contributed by atoms with van der Waals surface area (Å²) >= 11 is 3.38. The highest BCUT2D eigenvalue weighted by Crippen LogP contribution is 2.23. The highest BCUT2D eigenvalue weighted by Gasteiger charge is 2.21. The lowest BCUT2D eigenvalue weighted by Crippen LogP contribution is -2.43. The van der Waals surface area contributed by atoms with E-state index in [1.807, 2.05) is 24.3 Å². The van der Waals surface area contributed by atoms with Gasteiger partial charge in [-0.25, -0.2) is 0 Å². The van der Waals surface area contributed by atoms with Crippen LogP contribution in [0.5, 0.6) is 5.75 Å². The fourth-order valence-electron chi connectivity index (χ4n) is 2.25. The minimum absolute atomic E-state index is 0.00198. The van der Waals surface area contributed by atoms with Crippen LogP contribution in [-0.4, -0.2) is 43.4 Å². The second kappa shape index (κ2) is 8.36. The summed E-state index contributed by atoms with van der Waals surface area (Å²) in [6, 6.07) is 7.46. The summed E-state index contributed by atoms with van der Waals surface area (Å²) in [5.41, 5.74) is 0. The third kappa shape index (κ3) is 5.30. The molecule has 1 fully saturated rings. The van der Waals surface area contributed by atoms with Crippen LogP contribution < -0.4 is 15.4 Å². The van der Waals surface area contributed by atoms with Crippen molar-refractivity contribution in [3.8, 4) is 5.75 Å². The van der Waals surface area contributed by atoms with Crippen molar-refractivity contribution in [2.75, 3.05) is 26.2 Å². The third-order valence-electron chi connectivity index (χ3n) is 3.45. The Balaban J connectivity index is 1.68. The molecule has 2 atom stereocenters. The molecular weight excluding hydrogens is 336 g/mol. The fourth-order valence-corrected chi connectivity index (χ4v) is 2.64. The second-order valence-corrected chi connectivity index (χ2v) is 6.04. The van der Waals surface area contributed by atoms with Crippen LogP contribution in [0.4, 0.5) is 0 Å². The van der Waals surface area contributed by atoms with Crippen molar-refractivity contribution in [1.82, 2.24) is 10.6 Å². The topological polar surface area (TPSA) is 70.6 Å². The summed E-state index contributed by atoms with van der Waals surface area (Å²) in [5, 5.41) is 15.9. The SMILES string of the molecule is O=C(NC[C@H](O)COc1ccccc1Br)[C@H]1CCCNC1. The summed E-state index contributed by atoms with van der Waals surface area (Å²) < 4.78 is 6.36. The first-order valence-corrected chi connectivity index (χ1v) is 8.00. The zero-order chi connectivity index (χ0) is 15.1. The summed E-state index contributed by atoms with van der Waals surface area (Å²) in [6.45, 7) is 2.05. The van der Waals surface area contributed by atoms with Gasteiger partial charge in [-0.1, -0.05) is 12.1 Å². The van der Waals surface area contributed by atoms with E-state index in [-0.39, 0.29) is 25.0 Å². The molecule has 1 aromatic carbocycles. The highest BCUT2D eigenvalue weighted by molar-refractivity contribution is 9.10. The average Bonchev–Trinajstić information content (AvgIpc) is 2.52. The van der Waals surface area contributed by atoms with Gasteiger partial charge in [0.15, 0.2) is 0 Å². The maximum absolute atomic E-state index is 11.9. The molecule has 0 aromatic heterocycles. The molecule has 0 unspecified atom stereocenters. The molecule has 1 aliphatic rings. The van der Waals surface area contributed by atoms with Crippen molar-refractivity contribution in [3.05, 3.63) is 28.7 Å². The number of halogens is 1. The molecule has 1 amide bonds. The predicted molar refractivity (Wildman–Crippen MR) is 84.2 cm³/mol. The Morgan fingerprint density at radius 1 is 1.52 bits per heavy atom. The predicted octanol–water partition coefficient (Wildman–Crippen LogP) is 1.30. The number of benzene rings is 1. The Morgan fingerprint density at radius 2 is 2.33 bits per heavy atom. The van der Waals surface area contributed by atoms with E-state index in [1.165, 1.54) is 0 Å². The fraction of sp³-hybridized carbons (Fsp3) is 0.533. The number of amides is 1. The van der Waals surface area contributed by atoms with Crippen molar-refractivity contribution in [3.63, 3.8) is 0 Å². The third-order valence-corrected chi connectivity index (χ3v) is 4.10. The van der Waals surface area contributed by atoms with Gasteiger partial charge in [0.2, 0.25) is 5.91 Å². The number of carbonyl (C=O) groups is 1. The molecule has 0 aliphatic carbocycles. The molecule has 1 aliphatic heterocycles. The molecule has 1 saturated heterocycles. The van der Waals surface area contributed by atoms with Gasteiger partial charge in [-0.15, -0.1) is 0 Å². The van der Waals surface area contributed by atoms with Crippen molar-refractivity contribution in [1.29, 1.82) is 0 Å². The van der Waals surface area contributed by atoms with Crippen molar-refractivity contribution >= 4 is 21.8 Å². The quantitative estimate of drug-likeness (QED) is 0.718. The van der Waals surface area contributed by atoms with Crippen LogP contribution in [0.25, 0.3) is 0 Å². The van der Waals surface area contributed by atoms with Gasteiger partial charge >= 0.3 is 0 Å². The number of ether oxygens (including phenoxy) is 1. The van der Waals surface area contributed by atoms with Crippen LogP contribution in [0.3, 0.4) is 0 Å². The van der Waals surface area contributed by atoms with Gasteiger partial charge in [-0.3, -0.25) is 4.79 Å². The van der Waals surface area contributed by atoms with E-state index in [0.717, 1.165) is 30.4 Å². The van der Waals surface area contributed by atoms with E-state index in [9.17, 15) is 9.90 Å². The summed E-state index contributed by atoms with van der Waals surface area (Å²) in [7, 11) is 0. The minimum Gasteiger partial charge on any atom is -0.490 e. The molecule has 6 heteroatoms. The van der Waals surface area contributed by atoms with E-state index >= 15 is 0 Å². The maximum Gasteiger partial charge on any atom is 0.224 e. The molecule has 3 N–H and O–H groups in total. The lowest BCUT2D eigenvalue weighted by atomic mass is 9.99. The molecule has 21 heavy (non-hydrogen) atoms. The number of rotatable bonds is 6. The van der Waals surface area contributed by atoms with E-state index in [2.05, 4.69) is 26.6 Å². The smallest absolute Gasteiger partial charge is 0.224 e. The Hall–Kier alpha value is -1.11. The van der Waals surface area contributed by atoms with E-state index in [0.29, 0.717) is 5.75 Å². The van der Waals surface area contributed by atoms with Crippen LogP contribution in [0.1, 0.15) is 12.8 Å². The molecule has 0 spiro atoms. The second-order valence-electron chi connectivity index (χ2n) is 5.18. The average molecular weight is 357 g/mol. The highest BCUT2D eigenvalue weighted by atomic mass is 79.9. The molecule has 116 valence electrons. The Bertz CT molecular complexity index is 464. The largest absolute Gasteiger partial charge is 0.490 e. The molecule has 1 heterocycles. The van der Waals surface area contributed by atoms with Crippen LogP contribution >= 0.6 is 15.9 Å². The van der Waals surface area contributed by atoms with Gasteiger partial charge in [0, 0.05) is 13.1 Å². The monoisotopic (exact) mass is 356 g/mol. The van der Waals surface area contributed by atoms with Crippen LogP contribution in [0.2, 0.25) is 0 Å². The van der Waals surface area contributed by atoms with Crippen LogP contribution in [-0.2, 0) is 4.79 Å². The van der Waals surface area contributed by atoms with E-state index in [4.69, 9.17) is 4.74 Å². The lowest BCUT2D eigenvalue weighted by molar-refractivity contribution is -0.126. The number of piperidine rings is 1. The summed E-state index contributed by atoms with van der Waals surface area (Å²) in [5.74, 6) is 0.691. The van der Waals surface area contributed by atoms with E-state index in [1.54, 1.807) is 0 Å². The first kappa shape index (κ1) is 16.3. The van der Waals surface area contributed by atoms with Crippen LogP contribution in [0, 0.1) is 5.92 Å². The van der Waals surface area contributed by atoms with Gasteiger partial charge in [0.1, 0.15) is 18.5 Å². The van der Waals surface area contributed by atoms with Gasteiger partial charge in [-0.05, 0) is 47.4 Å². The zero-order valence-corrected chi connectivity index (χ0v) is 13.4. The number of aliphatic hydroxyl groups is 1. The Morgan fingerprint density at radius 3 is 3.05 bits per heavy atom. The molecule has 5 nitrogen and oxygen atoms in total. The first-order valence-electron chi connectivity index (χ1n) is 7.20. The first-order chi connectivity index (χ1) is 10.2. The molecular formula is C15H21BrN2O3. The van der Waals surface area contributed by atoms with Gasteiger partial charge in [0.05, 0.1) is 10.4 Å². The van der Waals surface area contributed by atoms with Gasteiger partial charge in [-0.2, -0.15) is 0 Å². The lowest BCUT2D eigenvalue weighted by Gasteiger charge is -2.22. The maximum atomic E-state index is 11.9. The number of carbonyl (C=O) groups excluding carboxylic acids is 1. The molecule has 1 aromatic rings. The number of para-hydroxylation sites is 1. The number of aliphatic hydroxyl groups excluding tert-OH is 1. The van der Waals surface area contributed by atoms with Crippen molar-refractivity contribution in [2.24, 2.45) is 5.92 Å². The standard InChI is InChI=1S/C15H21BrN2O3/c16-13-5-1-2-6-14(13)21-10-12(19)9-18-15(20)11-4-3-7-17-8-11/h1-2,5-6,11-12,17,19H,3-4,7-10H2,(H,18,20)/t11-,12-/m0/s1. The van der Waals surface area contributed by atoms with Crippen molar-refractivity contribution in [2.45, 2.75) is 18.9 Å².